The summed E-state index contributed by atoms with van der Waals surface area (Å²) in [7, 11) is -2.03. The van der Waals surface area contributed by atoms with Crippen LogP contribution in [0.25, 0.3) is 0 Å². The molecule has 7 heteroatoms. The van der Waals surface area contributed by atoms with Gasteiger partial charge in [-0.1, -0.05) is 37.3 Å². The van der Waals surface area contributed by atoms with Crippen LogP contribution in [0.1, 0.15) is 31.2 Å². The first-order valence-electron chi connectivity index (χ1n) is 8.87. The summed E-state index contributed by atoms with van der Waals surface area (Å²) >= 11 is 0. The Morgan fingerprint density at radius 1 is 1.11 bits per heavy atom. The normalized spacial score (nSPS) is 12.4. The van der Waals surface area contributed by atoms with Crippen molar-refractivity contribution in [3.05, 3.63) is 66.0 Å². The van der Waals surface area contributed by atoms with Crippen LogP contribution >= 0.6 is 0 Å². The van der Waals surface area contributed by atoms with Gasteiger partial charge in [0, 0.05) is 20.0 Å². The Morgan fingerprint density at radius 3 is 2.33 bits per heavy atom. The van der Waals surface area contributed by atoms with Crippen LogP contribution < -0.4 is 9.62 Å². The molecule has 0 saturated heterocycles. The van der Waals surface area contributed by atoms with Gasteiger partial charge in [-0.05, 0) is 42.2 Å². The van der Waals surface area contributed by atoms with Crippen molar-refractivity contribution in [3.63, 3.8) is 0 Å². The van der Waals surface area contributed by atoms with E-state index in [-0.39, 0.29) is 36.4 Å². The van der Waals surface area contributed by atoms with E-state index in [9.17, 15) is 17.6 Å². The second-order valence-electron chi connectivity index (χ2n) is 6.33. The number of halogens is 1. The number of para-hydroxylation sites is 1. The summed E-state index contributed by atoms with van der Waals surface area (Å²) in [6, 6.07) is 14.9. The molecule has 0 aliphatic rings. The number of carbonyl (C=O) groups excluding carboxylic acids is 1. The molecule has 2 aromatic carbocycles. The molecular weight excluding hydrogens is 367 g/mol. The zero-order valence-corrected chi connectivity index (χ0v) is 16.4. The third kappa shape index (κ3) is 6.06. The molecule has 27 heavy (non-hydrogen) atoms. The summed E-state index contributed by atoms with van der Waals surface area (Å²) < 4.78 is 39.0. The molecule has 0 aliphatic carbocycles. The number of benzene rings is 2. The fourth-order valence-corrected chi connectivity index (χ4v) is 3.86. The predicted octanol–water partition coefficient (Wildman–Crippen LogP) is 3.29. The van der Waals surface area contributed by atoms with Gasteiger partial charge >= 0.3 is 0 Å². The number of rotatable bonds is 9. The first kappa shape index (κ1) is 20.9. The van der Waals surface area contributed by atoms with Crippen molar-refractivity contribution in [1.29, 1.82) is 0 Å². The standard InChI is InChI=1S/C20H25FN2O3S/c1-3-16(17-9-11-18(21)12-10-17)15-20(24)22-13-14-27(25,26)23(2)19-7-5-4-6-8-19/h4-12,16H,3,13-15H2,1-2H3,(H,22,24). The molecule has 0 spiro atoms. The molecule has 1 atom stereocenters. The van der Waals surface area contributed by atoms with Gasteiger partial charge < -0.3 is 5.32 Å². The second-order valence-corrected chi connectivity index (χ2v) is 8.45. The van der Waals surface area contributed by atoms with Gasteiger partial charge in [-0.25, -0.2) is 12.8 Å². The number of sulfonamides is 1. The zero-order valence-electron chi connectivity index (χ0n) is 15.6. The molecule has 0 saturated carbocycles. The maximum absolute atomic E-state index is 13.0. The van der Waals surface area contributed by atoms with Crippen LogP contribution in [0, 0.1) is 5.82 Å². The van der Waals surface area contributed by atoms with Gasteiger partial charge in [0.1, 0.15) is 5.82 Å². The Kier molecular flexibility index (Phi) is 7.36. The summed E-state index contributed by atoms with van der Waals surface area (Å²) in [4.78, 5) is 12.2. The third-order valence-electron chi connectivity index (χ3n) is 4.49. The summed E-state index contributed by atoms with van der Waals surface area (Å²) in [5, 5.41) is 2.67. The van der Waals surface area contributed by atoms with E-state index < -0.39 is 10.0 Å². The second kappa shape index (κ2) is 9.50. The van der Waals surface area contributed by atoms with Gasteiger partial charge in [0.15, 0.2) is 0 Å². The average molecular weight is 392 g/mol. The van der Waals surface area contributed by atoms with Crippen LogP contribution in [-0.4, -0.2) is 33.7 Å². The van der Waals surface area contributed by atoms with E-state index in [0.717, 1.165) is 12.0 Å². The number of anilines is 1. The third-order valence-corrected chi connectivity index (χ3v) is 6.25. The summed E-state index contributed by atoms with van der Waals surface area (Å²) in [6.45, 7) is 2.00. The number of hydrogen-bond acceptors (Lipinski definition) is 3. The topological polar surface area (TPSA) is 66.5 Å². The van der Waals surface area contributed by atoms with Crippen LogP contribution in [0.2, 0.25) is 0 Å². The lowest BCUT2D eigenvalue weighted by molar-refractivity contribution is -0.121. The molecule has 0 heterocycles. The minimum absolute atomic E-state index is 0.0331. The molecule has 1 unspecified atom stereocenters. The average Bonchev–Trinajstić information content (AvgIpc) is 2.67. The molecule has 2 aromatic rings. The van der Waals surface area contributed by atoms with Crippen molar-refractivity contribution < 1.29 is 17.6 Å². The predicted molar refractivity (Wildman–Crippen MR) is 106 cm³/mol. The highest BCUT2D eigenvalue weighted by molar-refractivity contribution is 7.92. The largest absolute Gasteiger partial charge is 0.355 e. The van der Waals surface area contributed by atoms with E-state index in [2.05, 4.69) is 5.32 Å². The van der Waals surface area contributed by atoms with E-state index in [1.54, 1.807) is 36.4 Å². The van der Waals surface area contributed by atoms with Crippen molar-refractivity contribution in [3.8, 4) is 0 Å². The Balaban J connectivity index is 1.86. The lowest BCUT2D eigenvalue weighted by Gasteiger charge is -2.20. The van der Waals surface area contributed by atoms with Crippen molar-refractivity contribution in [2.45, 2.75) is 25.7 Å². The summed E-state index contributed by atoms with van der Waals surface area (Å²) in [5.74, 6) is -0.749. The van der Waals surface area contributed by atoms with Gasteiger partial charge in [0.05, 0.1) is 11.4 Å². The highest BCUT2D eigenvalue weighted by atomic mass is 32.2. The van der Waals surface area contributed by atoms with E-state index in [0.29, 0.717) is 5.69 Å². The fraction of sp³-hybridized carbons (Fsp3) is 0.350. The molecule has 1 amide bonds. The molecule has 0 fully saturated rings. The van der Waals surface area contributed by atoms with Crippen LogP contribution in [-0.2, 0) is 14.8 Å². The van der Waals surface area contributed by atoms with Crippen molar-refractivity contribution >= 4 is 21.6 Å². The minimum atomic E-state index is -3.52. The highest BCUT2D eigenvalue weighted by Gasteiger charge is 2.19. The monoisotopic (exact) mass is 392 g/mol. The maximum Gasteiger partial charge on any atom is 0.236 e. The maximum atomic E-state index is 13.0. The number of amides is 1. The first-order chi connectivity index (χ1) is 12.8. The Labute approximate surface area is 160 Å². The molecule has 0 aromatic heterocycles. The molecule has 2 rings (SSSR count). The van der Waals surface area contributed by atoms with Gasteiger partial charge in [-0.2, -0.15) is 0 Å². The molecule has 0 radical (unpaired) electrons. The SMILES string of the molecule is CCC(CC(=O)NCCS(=O)(=O)N(C)c1ccccc1)c1ccc(F)cc1. The van der Waals surface area contributed by atoms with Crippen molar-refractivity contribution in [2.75, 3.05) is 23.7 Å². The van der Waals surface area contributed by atoms with Gasteiger partial charge in [-0.3, -0.25) is 9.10 Å². The van der Waals surface area contributed by atoms with Crippen LogP contribution in [0.15, 0.2) is 54.6 Å². The molecule has 146 valence electrons. The molecule has 0 aliphatic heterocycles. The lowest BCUT2D eigenvalue weighted by Crippen LogP contribution is -2.36. The number of nitrogens with one attached hydrogen (secondary N) is 1. The number of nitrogens with zero attached hydrogens (tertiary/aromatic N) is 1. The highest BCUT2D eigenvalue weighted by Crippen LogP contribution is 2.23. The van der Waals surface area contributed by atoms with Gasteiger partial charge in [0.25, 0.3) is 0 Å². The Bertz CT molecular complexity index is 839. The smallest absolute Gasteiger partial charge is 0.236 e. The van der Waals surface area contributed by atoms with Crippen molar-refractivity contribution in [1.82, 2.24) is 5.32 Å². The molecule has 0 bridgehead atoms. The van der Waals surface area contributed by atoms with Crippen LogP contribution in [0.5, 0.6) is 0 Å². The molecule has 5 nitrogen and oxygen atoms in total. The van der Waals surface area contributed by atoms with E-state index in [4.69, 9.17) is 0 Å². The van der Waals surface area contributed by atoms with Crippen LogP contribution in [0.3, 0.4) is 0 Å². The minimum Gasteiger partial charge on any atom is -0.355 e. The van der Waals surface area contributed by atoms with Gasteiger partial charge in [0.2, 0.25) is 15.9 Å². The van der Waals surface area contributed by atoms with E-state index in [1.807, 2.05) is 13.0 Å². The summed E-state index contributed by atoms with van der Waals surface area (Å²) in [5.41, 5.74) is 1.47. The molecular formula is C20H25FN2O3S. The zero-order chi connectivity index (χ0) is 19.9. The van der Waals surface area contributed by atoms with E-state index in [1.165, 1.54) is 23.5 Å². The Hall–Kier alpha value is -2.41. The quantitative estimate of drug-likeness (QED) is 0.712. The molecule has 1 N–H and O–H groups in total. The summed E-state index contributed by atoms with van der Waals surface area (Å²) in [6.07, 6.45) is 0.963. The number of carbonyl (C=O) groups is 1. The first-order valence-corrected chi connectivity index (χ1v) is 10.5. The number of hydrogen-bond donors (Lipinski definition) is 1. The Morgan fingerprint density at radius 2 is 1.74 bits per heavy atom. The van der Waals surface area contributed by atoms with Crippen LogP contribution in [0.4, 0.5) is 10.1 Å². The fourth-order valence-electron chi connectivity index (χ4n) is 2.78. The van der Waals surface area contributed by atoms with Crippen molar-refractivity contribution in [2.24, 2.45) is 0 Å². The van der Waals surface area contributed by atoms with Gasteiger partial charge in [-0.15, -0.1) is 0 Å². The lowest BCUT2D eigenvalue weighted by atomic mass is 9.93. The van der Waals surface area contributed by atoms with E-state index >= 15 is 0 Å².